The molecule has 0 saturated heterocycles. The first-order valence-corrected chi connectivity index (χ1v) is 6.71. The second kappa shape index (κ2) is 6.11. The van der Waals surface area contributed by atoms with E-state index in [2.05, 4.69) is 15.9 Å². The molecule has 0 aliphatic rings. The maximum atomic E-state index is 11.2. The molecule has 0 heterocycles. The summed E-state index contributed by atoms with van der Waals surface area (Å²) >= 11 is 8.94. The Morgan fingerprint density at radius 1 is 1.29 bits per heavy atom. The summed E-state index contributed by atoms with van der Waals surface area (Å²) in [5.74, 6) is -1.43. The third-order valence-corrected chi connectivity index (χ3v) is 3.34. The lowest BCUT2D eigenvalue weighted by molar-refractivity contribution is -0.385. The van der Waals surface area contributed by atoms with Crippen molar-refractivity contribution < 1.29 is 19.6 Å². The Morgan fingerprint density at radius 3 is 2.62 bits per heavy atom. The zero-order chi connectivity index (χ0) is 15.6. The minimum Gasteiger partial charge on any atom is -0.478 e. The molecule has 2 rings (SSSR count). The van der Waals surface area contributed by atoms with Gasteiger partial charge in [0.2, 0.25) is 5.75 Å². The number of rotatable bonds is 4. The largest absolute Gasteiger partial charge is 0.478 e. The number of nitro benzene ring substituents is 1. The highest BCUT2D eigenvalue weighted by molar-refractivity contribution is 9.10. The molecule has 1 N–H and O–H groups in total. The number of nitro groups is 1. The molecule has 8 heteroatoms. The summed E-state index contributed by atoms with van der Waals surface area (Å²) in [6, 6.07) is 8.45. The Labute approximate surface area is 132 Å². The van der Waals surface area contributed by atoms with Crippen molar-refractivity contribution in [3.63, 3.8) is 0 Å². The van der Waals surface area contributed by atoms with Crippen molar-refractivity contribution in [3.8, 4) is 11.5 Å². The normalized spacial score (nSPS) is 10.2. The lowest BCUT2D eigenvalue weighted by Gasteiger charge is -2.10. The van der Waals surface area contributed by atoms with Crippen LogP contribution >= 0.6 is 27.5 Å². The van der Waals surface area contributed by atoms with Crippen molar-refractivity contribution in [3.05, 3.63) is 61.6 Å². The van der Waals surface area contributed by atoms with Gasteiger partial charge in [-0.3, -0.25) is 10.1 Å². The number of benzene rings is 2. The van der Waals surface area contributed by atoms with Crippen LogP contribution in [0.1, 0.15) is 10.4 Å². The number of carbonyl (C=O) groups is 1. The van der Waals surface area contributed by atoms with Gasteiger partial charge in [-0.05, 0) is 24.3 Å². The molecule has 0 radical (unpaired) electrons. The minimum atomic E-state index is -1.28. The summed E-state index contributed by atoms with van der Waals surface area (Å²) < 4.78 is 5.88. The predicted octanol–water partition coefficient (Wildman–Crippen LogP) is 4.50. The molecule has 0 spiro atoms. The fourth-order valence-corrected chi connectivity index (χ4v) is 2.23. The van der Waals surface area contributed by atoms with Crippen molar-refractivity contribution in [1.29, 1.82) is 0 Å². The molecule has 0 saturated carbocycles. The van der Waals surface area contributed by atoms with Crippen LogP contribution in [0.3, 0.4) is 0 Å². The molecule has 0 amide bonds. The zero-order valence-corrected chi connectivity index (χ0v) is 12.6. The van der Waals surface area contributed by atoms with Crippen molar-refractivity contribution in [2.24, 2.45) is 0 Å². The van der Waals surface area contributed by atoms with Gasteiger partial charge in [0.25, 0.3) is 0 Å². The number of aromatic carboxylic acids is 1. The molecule has 0 bridgehead atoms. The van der Waals surface area contributed by atoms with Crippen LogP contribution in [-0.4, -0.2) is 16.0 Å². The van der Waals surface area contributed by atoms with Crippen LogP contribution in [0.25, 0.3) is 0 Å². The Balaban J connectivity index is 2.51. The van der Waals surface area contributed by atoms with Gasteiger partial charge >= 0.3 is 11.7 Å². The van der Waals surface area contributed by atoms with Crippen molar-refractivity contribution in [2.75, 3.05) is 0 Å². The van der Waals surface area contributed by atoms with Gasteiger partial charge in [-0.15, -0.1) is 0 Å². The van der Waals surface area contributed by atoms with E-state index in [1.165, 1.54) is 30.3 Å². The molecule has 6 nitrogen and oxygen atoms in total. The molecular formula is C13H7BrClNO5. The van der Waals surface area contributed by atoms with Gasteiger partial charge in [0.15, 0.2) is 0 Å². The molecule has 0 aliphatic heterocycles. The van der Waals surface area contributed by atoms with E-state index in [1.807, 2.05) is 0 Å². The van der Waals surface area contributed by atoms with Gasteiger partial charge in [-0.2, -0.15) is 0 Å². The second-order valence-electron chi connectivity index (χ2n) is 3.89. The summed E-state index contributed by atoms with van der Waals surface area (Å²) in [6.45, 7) is 0. The summed E-state index contributed by atoms with van der Waals surface area (Å²) in [4.78, 5) is 21.6. The van der Waals surface area contributed by atoms with Crippen LogP contribution in [-0.2, 0) is 0 Å². The van der Waals surface area contributed by atoms with E-state index in [4.69, 9.17) is 21.4 Å². The Hall–Kier alpha value is -2.12. The van der Waals surface area contributed by atoms with Crippen LogP contribution in [0.2, 0.25) is 5.02 Å². The highest BCUT2D eigenvalue weighted by atomic mass is 79.9. The van der Waals surface area contributed by atoms with Gasteiger partial charge in [-0.1, -0.05) is 33.6 Å². The summed E-state index contributed by atoms with van der Waals surface area (Å²) in [7, 11) is 0. The molecule has 0 aromatic heterocycles. The Kier molecular flexibility index (Phi) is 4.44. The SMILES string of the molecule is O=C(O)c1c(Cl)cccc1Oc1ccc(Br)cc1[N+](=O)[O-]. The van der Waals surface area contributed by atoms with Gasteiger partial charge < -0.3 is 9.84 Å². The zero-order valence-electron chi connectivity index (χ0n) is 10.2. The molecule has 21 heavy (non-hydrogen) atoms. The number of carboxylic acid groups (broad SMARTS) is 1. The van der Waals surface area contributed by atoms with Crippen LogP contribution in [0, 0.1) is 10.1 Å². The van der Waals surface area contributed by atoms with E-state index in [0.29, 0.717) is 4.47 Å². The first-order valence-electron chi connectivity index (χ1n) is 5.53. The second-order valence-corrected chi connectivity index (χ2v) is 5.21. The number of hydrogen-bond donors (Lipinski definition) is 1. The molecule has 0 atom stereocenters. The molecule has 0 aliphatic carbocycles. The number of ether oxygens (including phenoxy) is 1. The first kappa shape index (κ1) is 15.3. The number of halogens is 2. The first-order chi connectivity index (χ1) is 9.90. The van der Waals surface area contributed by atoms with Crippen LogP contribution in [0.4, 0.5) is 5.69 Å². The average molecular weight is 373 g/mol. The van der Waals surface area contributed by atoms with Gasteiger partial charge in [-0.25, -0.2) is 4.79 Å². The topological polar surface area (TPSA) is 89.7 Å². The third kappa shape index (κ3) is 3.32. The smallest absolute Gasteiger partial charge is 0.341 e. The van der Waals surface area contributed by atoms with Crippen LogP contribution in [0.5, 0.6) is 11.5 Å². The summed E-state index contributed by atoms with van der Waals surface area (Å²) in [6.07, 6.45) is 0. The number of hydrogen-bond acceptors (Lipinski definition) is 4. The van der Waals surface area contributed by atoms with Crippen molar-refractivity contribution >= 4 is 39.2 Å². The quantitative estimate of drug-likeness (QED) is 0.630. The highest BCUT2D eigenvalue weighted by Gasteiger charge is 2.21. The number of carboxylic acids is 1. The van der Waals surface area contributed by atoms with Crippen LogP contribution in [0.15, 0.2) is 40.9 Å². The van der Waals surface area contributed by atoms with Gasteiger partial charge in [0.05, 0.1) is 9.95 Å². The molecule has 2 aromatic carbocycles. The minimum absolute atomic E-state index is 0.0141. The number of nitrogens with zero attached hydrogens (tertiary/aromatic N) is 1. The van der Waals surface area contributed by atoms with Crippen LogP contribution < -0.4 is 4.74 Å². The van der Waals surface area contributed by atoms with Crippen molar-refractivity contribution in [2.45, 2.75) is 0 Å². The third-order valence-electron chi connectivity index (χ3n) is 2.53. The van der Waals surface area contributed by atoms with E-state index >= 15 is 0 Å². The Morgan fingerprint density at radius 2 is 2.00 bits per heavy atom. The van der Waals surface area contributed by atoms with E-state index in [0.717, 1.165) is 0 Å². The maximum absolute atomic E-state index is 11.2. The molecular weight excluding hydrogens is 366 g/mol. The predicted molar refractivity (Wildman–Crippen MR) is 79.3 cm³/mol. The summed E-state index contributed by atoms with van der Waals surface area (Å²) in [5.41, 5.74) is -0.544. The van der Waals surface area contributed by atoms with E-state index < -0.39 is 10.9 Å². The summed E-state index contributed by atoms with van der Waals surface area (Å²) in [5, 5.41) is 20.1. The monoisotopic (exact) mass is 371 g/mol. The lowest BCUT2D eigenvalue weighted by Crippen LogP contribution is -2.02. The highest BCUT2D eigenvalue weighted by Crippen LogP contribution is 2.36. The molecule has 0 fully saturated rings. The van der Waals surface area contributed by atoms with E-state index in [9.17, 15) is 14.9 Å². The standard InChI is InChI=1S/C13H7BrClNO5/c14-7-4-5-10(9(6-7)16(19)20)21-11-3-1-2-8(15)12(11)13(17)18/h1-6H,(H,17,18). The van der Waals surface area contributed by atoms with Crippen molar-refractivity contribution in [1.82, 2.24) is 0 Å². The van der Waals surface area contributed by atoms with Gasteiger partial charge in [0, 0.05) is 10.5 Å². The Bertz CT molecular complexity index is 734. The van der Waals surface area contributed by atoms with Gasteiger partial charge in [0.1, 0.15) is 11.3 Å². The lowest BCUT2D eigenvalue weighted by atomic mass is 10.2. The van der Waals surface area contributed by atoms with E-state index in [1.54, 1.807) is 6.07 Å². The molecule has 0 unspecified atom stereocenters. The molecule has 108 valence electrons. The fraction of sp³-hybridized carbons (Fsp3) is 0. The average Bonchev–Trinajstić information content (AvgIpc) is 2.40. The molecule has 2 aromatic rings. The van der Waals surface area contributed by atoms with E-state index in [-0.39, 0.29) is 27.8 Å². The fourth-order valence-electron chi connectivity index (χ4n) is 1.63. The maximum Gasteiger partial charge on any atom is 0.341 e.